The van der Waals surface area contributed by atoms with Gasteiger partial charge < -0.3 is 5.11 Å². The van der Waals surface area contributed by atoms with Crippen molar-refractivity contribution < 1.29 is 5.11 Å². The Bertz CT molecular complexity index is 150. The molecule has 0 spiro atoms. The van der Waals surface area contributed by atoms with Gasteiger partial charge in [0, 0.05) is 0 Å². The van der Waals surface area contributed by atoms with Crippen LogP contribution in [-0.2, 0) is 0 Å². The molecule has 0 aromatic carbocycles. The summed E-state index contributed by atoms with van der Waals surface area (Å²) in [4.78, 5) is 0. The first kappa shape index (κ1) is 6.41. The van der Waals surface area contributed by atoms with E-state index in [9.17, 15) is 5.11 Å². The zero-order valence-corrected chi connectivity index (χ0v) is 6.33. The molecule has 2 fully saturated rings. The number of hydrogen-bond donors (Lipinski definition) is 1. The second kappa shape index (κ2) is 2.09. The van der Waals surface area contributed by atoms with E-state index in [1.807, 2.05) is 0 Å². The summed E-state index contributed by atoms with van der Waals surface area (Å²) in [7, 11) is 0. The van der Waals surface area contributed by atoms with Gasteiger partial charge in [0.25, 0.3) is 0 Å². The summed E-state index contributed by atoms with van der Waals surface area (Å²) in [6.07, 6.45) is 6.56. The molecule has 2 rings (SSSR count). The third-order valence-electron chi connectivity index (χ3n) is 2.90. The van der Waals surface area contributed by atoms with E-state index in [-0.39, 0.29) is 6.10 Å². The first-order valence-electron chi connectivity index (χ1n) is 4.14. The van der Waals surface area contributed by atoms with Gasteiger partial charge in [-0.2, -0.15) is 0 Å². The summed E-state index contributed by atoms with van der Waals surface area (Å²) < 4.78 is 0. The van der Waals surface area contributed by atoms with Crippen LogP contribution in [0.15, 0.2) is 12.2 Å². The van der Waals surface area contributed by atoms with Gasteiger partial charge in [-0.3, -0.25) is 0 Å². The summed E-state index contributed by atoms with van der Waals surface area (Å²) in [5.74, 6) is 2.51. The van der Waals surface area contributed by atoms with Crippen molar-refractivity contribution in [2.24, 2.45) is 17.8 Å². The lowest BCUT2D eigenvalue weighted by atomic mass is 10.1. The maximum absolute atomic E-state index is 9.19. The molecule has 1 N–H and O–H groups in total. The Labute approximate surface area is 61.8 Å². The highest BCUT2D eigenvalue weighted by Gasteiger charge is 2.53. The normalized spacial score (nSPS) is 51.8. The molecule has 1 nitrogen and oxygen atoms in total. The van der Waals surface area contributed by atoms with Gasteiger partial charge in [0.05, 0.1) is 6.10 Å². The maximum atomic E-state index is 9.19. The molecule has 0 amide bonds. The molecule has 2 saturated carbocycles. The van der Waals surface area contributed by atoms with E-state index in [4.69, 9.17) is 0 Å². The van der Waals surface area contributed by atoms with Gasteiger partial charge in [-0.25, -0.2) is 0 Å². The van der Waals surface area contributed by atoms with Crippen molar-refractivity contribution >= 4 is 0 Å². The summed E-state index contributed by atoms with van der Waals surface area (Å²) in [5, 5.41) is 9.19. The highest BCUT2D eigenvalue weighted by Crippen LogP contribution is 2.58. The van der Waals surface area contributed by atoms with E-state index in [1.54, 1.807) is 0 Å². The molecule has 1 heteroatoms. The minimum Gasteiger partial charge on any atom is -0.393 e. The van der Waals surface area contributed by atoms with E-state index in [2.05, 4.69) is 19.1 Å². The lowest BCUT2D eigenvalue weighted by Crippen LogP contribution is -2.03. The van der Waals surface area contributed by atoms with Crippen molar-refractivity contribution in [2.75, 3.05) is 0 Å². The molecule has 0 saturated heterocycles. The largest absolute Gasteiger partial charge is 0.393 e. The van der Waals surface area contributed by atoms with Crippen LogP contribution in [0.4, 0.5) is 0 Å². The minimum absolute atomic E-state index is 0.0245. The van der Waals surface area contributed by atoms with Gasteiger partial charge in [0.15, 0.2) is 0 Å². The Morgan fingerprint density at radius 1 is 1.30 bits per heavy atom. The molecule has 2 aliphatic rings. The third-order valence-corrected chi connectivity index (χ3v) is 2.90. The van der Waals surface area contributed by atoms with E-state index in [0.29, 0.717) is 0 Å². The Hall–Kier alpha value is -0.300. The van der Waals surface area contributed by atoms with Crippen LogP contribution in [0.1, 0.15) is 19.8 Å². The fraction of sp³-hybridized carbons (Fsp3) is 0.778. The van der Waals surface area contributed by atoms with Crippen LogP contribution >= 0.6 is 0 Å². The van der Waals surface area contributed by atoms with Crippen molar-refractivity contribution in [3.8, 4) is 0 Å². The minimum atomic E-state index is 0.0245. The van der Waals surface area contributed by atoms with Gasteiger partial charge in [0.2, 0.25) is 0 Å². The molecular formula is C9H14O. The monoisotopic (exact) mass is 138 g/mol. The average Bonchev–Trinajstić information content (AvgIpc) is 2.43. The maximum Gasteiger partial charge on any atom is 0.0546 e. The van der Waals surface area contributed by atoms with Gasteiger partial charge in [-0.1, -0.05) is 12.2 Å². The van der Waals surface area contributed by atoms with Crippen molar-refractivity contribution in [3.05, 3.63) is 12.2 Å². The SMILES string of the molecule is CC=CC1[C@H]2CC(O)C[C@@H]12. The number of hydrogen-bond acceptors (Lipinski definition) is 1. The molecule has 0 bridgehead atoms. The predicted molar refractivity (Wildman–Crippen MR) is 40.5 cm³/mol. The molecule has 0 aliphatic heterocycles. The Morgan fingerprint density at radius 3 is 2.40 bits per heavy atom. The molecule has 10 heavy (non-hydrogen) atoms. The zero-order chi connectivity index (χ0) is 7.14. The zero-order valence-electron chi connectivity index (χ0n) is 6.33. The van der Waals surface area contributed by atoms with Crippen molar-refractivity contribution in [1.82, 2.24) is 0 Å². The molecule has 56 valence electrons. The lowest BCUT2D eigenvalue weighted by molar-refractivity contribution is 0.164. The summed E-state index contributed by atoms with van der Waals surface area (Å²) in [6, 6.07) is 0. The number of fused-ring (bicyclic) bond motifs is 1. The van der Waals surface area contributed by atoms with Crippen LogP contribution < -0.4 is 0 Å². The molecule has 2 aliphatic carbocycles. The van der Waals surface area contributed by atoms with Gasteiger partial charge in [-0.05, 0) is 37.5 Å². The van der Waals surface area contributed by atoms with E-state index in [0.717, 1.165) is 30.6 Å². The van der Waals surface area contributed by atoms with E-state index >= 15 is 0 Å². The second-order valence-electron chi connectivity index (χ2n) is 3.56. The first-order chi connectivity index (χ1) is 4.83. The summed E-state index contributed by atoms with van der Waals surface area (Å²) in [6.45, 7) is 2.07. The molecule has 0 radical (unpaired) electrons. The van der Waals surface area contributed by atoms with Crippen molar-refractivity contribution in [1.29, 1.82) is 0 Å². The van der Waals surface area contributed by atoms with Crippen LogP contribution in [0.2, 0.25) is 0 Å². The third kappa shape index (κ3) is 0.807. The molecule has 0 aromatic rings. The number of aliphatic hydroxyl groups is 1. The highest BCUT2D eigenvalue weighted by atomic mass is 16.3. The molecular weight excluding hydrogens is 124 g/mol. The van der Waals surface area contributed by atoms with E-state index in [1.165, 1.54) is 0 Å². The molecule has 0 aromatic heterocycles. The van der Waals surface area contributed by atoms with Gasteiger partial charge in [-0.15, -0.1) is 0 Å². The predicted octanol–water partition coefficient (Wildman–Crippen LogP) is 1.58. The highest BCUT2D eigenvalue weighted by molar-refractivity contribution is 5.12. The molecule has 0 heterocycles. The van der Waals surface area contributed by atoms with Crippen molar-refractivity contribution in [2.45, 2.75) is 25.9 Å². The Balaban J connectivity index is 1.92. The second-order valence-corrected chi connectivity index (χ2v) is 3.56. The fourth-order valence-corrected chi connectivity index (χ4v) is 2.37. The Kier molecular flexibility index (Phi) is 1.34. The topological polar surface area (TPSA) is 20.2 Å². The average molecular weight is 138 g/mol. The van der Waals surface area contributed by atoms with Gasteiger partial charge in [0.1, 0.15) is 0 Å². The van der Waals surface area contributed by atoms with Gasteiger partial charge >= 0.3 is 0 Å². The van der Waals surface area contributed by atoms with Crippen LogP contribution in [0.25, 0.3) is 0 Å². The number of allylic oxidation sites excluding steroid dienone is 2. The number of aliphatic hydroxyl groups excluding tert-OH is 1. The smallest absolute Gasteiger partial charge is 0.0546 e. The first-order valence-corrected chi connectivity index (χ1v) is 4.14. The standard InChI is InChI=1S/C9H14O/c1-2-3-7-8-4-6(10)5-9(7)8/h2-3,6-10H,4-5H2,1H3/t6?,7?,8-,9+. The van der Waals surface area contributed by atoms with Crippen LogP contribution in [0, 0.1) is 17.8 Å². The van der Waals surface area contributed by atoms with Crippen LogP contribution in [0.5, 0.6) is 0 Å². The van der Waals surface area contributed by atoms with Crippen LogP contribution in [0.3, 0.4) is 0 Å². The summed E-state index contributed by atoms with van der Waals surface area (Å²) >= 11 is 0. The quantitative estimate of drug-likeness (QED) is 0.545. The summed E-state index contributed by atoms with van der Waals surface area (Å²) in [5.41, 5.74) is 0. The Morgan fingerprint density at radius 2 is 1.90 bits per heavy atom. The number of rotatable bonds is 1. The van der Waals surface area contributed by atoms with E-state index < -0.39 is 0 Å². The molecule has 4 atom stereocenters. The fourth-order valence-electron chi connectivity index (χ4n) is 2.37. The lowest BCUT2D eigenvalue weighted by Gasteiger charge is -2.03. The molecule has 2 unspecified atom stereocenters. The van der Waals surface area contributed by atoms with Crippen molar-refractivity contribution in [3.63, 3.8) is 0 Å². The van der Waals surface area contributed by atoms with Crippen LogP contribution in [-0.4, -0.2) is 11.2 Å².